The molecule has 0 spiro atoms. The lowest BCUT2D eigenvalue weighted by molar-refractivity contribution is 0.543. The van der Waals surface area contributed by atoms with Gasteiger partial charge in [-0.15, -0.1) is 6.58 Å². The molecule has 0 saturated heterocycles. The minimum Gasteiger partial charge on any atom is -0.202 e. The van der Waals surface area contributed by atoms with Crippen molar-refractivity contribution in [1.82, 2.24) is 9.44 Å². The summed E-state index contributed by atoms with van der Waals surface area (Å²) >= 11 is 0. The summed E-state index contributed by atoms with van der Waals surface area (Å²) in [6.07, 6.45) is 3.47. The zero-order valence-electron chi connectivity index (χ0n) is 14.6. The molecular weight excluding hydrogens is 332 g/mol. The van der Waals surface area contributed by atoms with Crippen LogP contribution in [-0.4, -0.2) is 15.0 Å². The van der Waals surface area contributed by atoms with Gasteiger partial charge in [-0.1, -0.05) is 66.2 Å². The standard InChI is InChI=1S/C20H26N2O2S/c1-3-18(15-19-11-9-17(2)10-12-19)13-14-21-25(23,24)22-16-20-7-5-4-6-8-20/h3-12,18,21-22H,1,13-16H2,2H3. The molecule has 4 nitrogen and oxygen atoms in total. The van der Waals surface area contributed by atoms with E-state index in [0.29, 0.717) is 13.0 Å². The second-order valence-corrected chi connectivity index (χ2v) is 7.76. The first-order chi connectivity index (χ1) is 12.0. The van der Waals surface area contributed by atoms with Crippen LogP contribution in [0.4, 0.5) is 0 Å². The second-order valence-electron chi connectivity index (χ2n) is 6.18. The molecular formula is C20H26N2O2S. The first-order valence-corrected chi connectivity index (χ1v) is 9.93. The highest BCUT2D eigenvalue weighted by molar-refractivity contribution is 7.87. The Morgan fingerprint density at radius 2 is 1.68 bits per heavy atom. The van der Waals surface area contributed by atoms with Gasteiger partial charge in [-0.05, 0) is 36.8 Å². The first kappa shape index (κ1) is 19.4. The van der Waals surface area contributed by atoms with Crippen molar-refractivity contribution in [2.24, 2.45) is 5.92 Å². The lowest BCUT2D eigenvalue weighted by Crippen LogP contribution is -2.37. The Hall–Kier alpha value is -1.95. The Bertz CT molecular complexity index is 756. The largest absolute Gasteiger partial charge is 0.277 e. The predicted molar refractivity (Wildman–Crippen MR) is 103 cm³/mol. The molecule has 0 amide bonds. The number of benzene rings is 2. The van der Waals surface area contributed by atoms with Crippen LogP contribution < -0.4 is 9.44 Å². The summed E-state index contributed by atoms with van der Waals surface area (Å²) in [5, 5.41) is 0. The molecule has 134 valence electrons. The summed E-state index contributed by atoms with van der Waals surface area (Å²) in [4.78, 5) is 0. The highest BCUT2D eigenvalue weighted by atomic mass is 32.2. The van der Waals surface area contributed by atoms with Crippen molar-refractivity contribution >= 4 is 10.2 Å². The van der Waals surface area contributed by atoms with Crippen molar-refractivity contribution in [2.75, 3.05) is 6.54 Å². The molecule has 0 aliphatic heterocycles. The summed E-state index contributed by atoms with van der Waals surface area (Å²) in [7, 11) is -3.50. The van der Waals surface area contributed by atoms with Crippen molar-refractivity contribution in [1.29, 1.82) is 0 Å². The molecule has 2 rings (SSSR count). The van der Waals surface area contributed by atoms with Gasteiger partial charge in [-0.2, -0.15) is 13.1 Å². The molecule has 1 atom stereocenters. The van der Waals surface area contributed by atoms with E-state index in [1.165, 1.54) is 11.1 Å². The molecule has 2 N–H and O–H groups in total. The Morgan fingerprint density at radius 1 is 1.00 bits per heavy atom. The van der Waals surface area contributed by atoms with E-state index in [-0.39, 0.29) is 12.5 Å². The molecule has 5 heteroatoms. The van der Waals surface area contributed by atoms with Crippen LogP contribution in [-0.2, 0) is 23.2 Å². The van der Waals surface area contributed by atoms with E-state index >= 15 is 0 Å². The van der Waals surface area contributed by atoms with Crippen LogP contribution in [0.15, 0.2) is 67.3 Å². The minimum absolute atomic E-state index is 0.236. The molecule has 0 fully saturated rings. The van der Waals surface area contributed by atoms with Gasteiger partial charge < -0.3 is 0 Å². The van der Waals surface area contributed by atoms with E-state index in [9.17, 15) is 8.42 Å². The fourth-order valence-corrected chi connectivity index (χ4v) is 3.38. The Kier molecular flexibility index (Phi) is 7.37. The average molecular weight is 359 g/mol. The highest BCUT2D eigenvalue weighted by Crippen LogP contribution is 2.14. The van der Waals surface area contributed by atoms with Crippen LogP contribution in [0.2, 0.25) is 0 Å². The SMILES string of the molecule is C=CC(CCNS(=O)(=O)NCc1ccccc1)Cc1ccc(C)cc1. The quantitative estimate of drug-likeness (QED) is 0.640. The van der Waals surface area contributed by atoms with Gasteiger partial charge in [0.05, 0.1) is 0 Å². The smallest absolute Gasteiger partial charge is 0.202 e. The van der Waals surface area contributed by atoms with Crippen LogP contribution in [0.3, 0.4) is 0 Å². The van der Waals surface area contributed by atoms with Gasteiger partial charge in [-0.3, -0.25) is 0 Å². The van der Waals surface area contributed by atoms with Crippen molar-refractivity contribution < 1.29 is 8.42 Å². The number of nitrogens with one attached hydrogen (secondary N) is 2. The molecule has 25 heavy (non-hydrogen) atoms. The lowest BCUT2D eigenvalue weighted by Gasteiger charge is -2.14. The Balaban J connectivity index is 1.76. The second kappa shape index (κ2) is 9.51. The summed E-state index contributed by atoms with van der Waals surface area (Å²) in [6, 6.07) is 17.8. The van der Waals surface area contributed by atoms with Crippen LogP contribution >= 0.6 is 0 Å². The van der Waals surface area contributed by atoms with Gasteiger partial charge in [0.2, 0.25) is 0 Å². The Labute approximate surface area is 151 Å². The van der Waals surface area contributed by atoms with Crippen LogP contribution in [0.1, 0.15) is 23.1 Å². The van der Waals surface area contributed by atoms with Crippen molar-refractivity contribution in [3.05, 3.63) is 83.9 Å². The maximum atomic E-state index is 12.0. The summed E-state index contributed by atoms with van der Waals surface area (Å²) in [6.45, 7) is 6.60. The molecule has 0 aliphatic rings. The molecule has 0 radical (unpaired) electrons. The zero-order valence-corrected chi connectivity index (χ0v) is 15.4. The van der Waals surface area contributed by atoms with E-state index in [2.05, 4.69) is 47.2 Å². The van der Waals surface area contributed by atoms with Crippen molar-refractivity contribution in [2.45, 2.75) is 26.3 Å². The molecule has 2 aromatic rings. The van der Waals surface area contributed by atoms with Crippen molar-refractivity contribution in [3.63, 3.8) is 0 Å². The molecule has 0 bridgehead atoms. The molecule has 0 aromatic heterocycles. The summed E-state index contributed by atoms with van der Waals surface area (Å²) in [5.74, 6) is 0.236. The van der Waals surface area contributed by atoms with Gasteiger partial charge >= 0.3 is 0 Å². The van der Waals surface area contributed by atoms with E-state index in [1.54, 1.807) is 0 Å². The predicted octanol–water partition coefficient (Wildman–Crippen LogP) is 3.35. The third-order valence-corrected chi connectivity index (χ3v) is 5.18. The maximum Gasteiger partial charge on any atom is 0.277 e. The number of hydrogen-bond donors (Lipinski definition) is 2. The summed E-state index contributed by atoms with van der Waals surface area (Å²) in [5.41, 5.74) is 3.40. The third-order valence-electron chi connectivity index (χ3n) is 4.07. The van der Waals surface area contributed by atoms with Gasteiger partial charge in [0.1, 0.15) is 0 Å². The van der Waals surface area contributed by atoms with Gasteiger partial charge in [0.25, 0.3) is 10.2 Å². The summed E-state index contributed by atoms with van der Waals surface area (Å²) < 4.78 is 29.2. The van der Waals surface area contributed by atoms with Gasteiger partial charge in [0, 0.05) is 13.1 Å². The van der Waals surface area contributed by atoms with Crippen molar-refractivity contribution in [3.8, 4) is 0 Å². The Morgan fingerprint density at radius 3 is 2.32 bits per heavy atom. The first-order valence-electron chi connectivity index (χ1n) is 8.45. The van der Waals surface area contributed by atoms with E-state index < -0.39 is 10.2 Å². The van der Waals surface area contributed by atoms with E-state index in [0.717, 1.165) is 12.0 Å². The molecule has 0 heterocycles. The van der Waals surface area contributed by atoms with Crippen LogP contribution in [0, 0.1) is 12.8 Å². The monoisotopic (exact) mass is 358 g/mol. The number of hydrogen-bond acceptors (Lipinski definition) is 2. The third kappa shape index (κ3) is 7.22. The van der Waals surface area contributed by atoms with Gasteiger partial charge in [-0.25, -0.2) is 4.72 Å². The topological polar surface area (TPSA) is 58.2 Å². The number of rotatable bonds is 10. The number of aryl methyl sites for hydroxylation is 1. The molecule has 1 unspecified atom stereocenters. The molecule has 0 saturated carbocycles. The van der Waals surface area contributed by atoms with Crippen LogP contribution in [0.5, 0.6) is 0 Å². The molecule has 0 aliphatic carbocycles. The fraction of sp³-hybridized carbons (Fsp3) is 0.300. The highest BCUT2D eigenvalue weighted by Gasteiger charge is 2.11. The maximum absolute atomic E-state index is 12.0. The molecule has 2 aromatic carbocycles. The van der Waals surface area contributed by atoms with E-state index in [1.807, 2.05) is 36.4 Å². The lowest BCUT2D eigenvalue weighted by atomic mass is 9.96. The number of allylic oxidation sites excluding steroid dienone is 1. The average Bonchev–Trinajstić information content (AvgIpc) is 2.62. The van der Waals surface area contributed by atoms with Crippen LogP contribution in [0.25, 0.3) is 0 Å². The normalized spacial score (nSPS) is 12.7. The van der Waals surface area contributed by atoms with E-state index in [4.69, 9.17) is 0 Å². The fourth-order valence-electron chi connectivity index (χ4n) is 2.53. The minimum atomic E-state index is -3.50. The van der Waals surface area contributed by atoms with Gasteiger partial charge in [0.15, 0.2) is 0 Å². The zero-order chi connectivity index (χ0) is 18.1.